The number of likely N-dealkylation sites (tertiary alicyclic amines) is 1. The van der Waals surface area contributed by atoms with Crippen LogP contribution in [0.5, 0.6) is 5.75 Å². The number of Topliss-reactive ketones (excluding diaryl/α,β-unsaturated/α-hetero) is 1. The third-order valence-electron chi connectivity index (χ3n) is 5.34. The molecule has 2 aromatic carbocycles. The molecule has 0 unspecified atom stereocenters. The first-order valence-electron chi connectivity index (χ1n) is 10.8. The van der Waals surface area contributed by atoms with Gasteiger partial charge in [-0.25, -0.2) is 4.39 Å². The minimum absolute atomic E-state index is 0.104. The molecular formula is C25H29FN2O4. The molecule has 6 nitrogen and oxygen atoms in total. The van der Waals surface area contributed by atoms with Crippen molar-refractivity contribution >= 4 is 17.4 Å². The zero-order valence-electron chi connectivity index (χ0n) is 18.7. The van der Waals surface area contributed by atoms with Crippen LogP contribution in [0.4, 0.5) is 4.39 Å². The van der Waals surface area contributed by atoms with Gasteiger partial charge in [0.15, 0.2) is 0 Å². The Balaban J connectivity index is 2.03. The van der Waals surface area contributed by atoms with Crippen molar-refractivity contribution in [3.05, 3.63) is 71.0 Å². The monoisotopic (exact) mass is 440 g/mol. The zero-order chi connectivity index (χ0) is 23.3. The first-order chi connectivity index (χ1) is 15.3. The molecule has 0 aromatic heterocycles. The molecule has 7 heteroatoms. The Morgan fingerprint density at radius 1 is 1.12 bits per heavy atom. The first kappa shape index (κ1) is 23.5. The topological polar surface area (TPSA) is 70.1 Å². The van der Waals surface area contributed by atoms with Crippen molar-refractivity contribution in [2.24, 2.45) is 0 Å². The fourth-order valence-electron chi connectivity index (χ4n) is 3.77. The van der Waals surface area contributed by atoms with Gasteiger partial charge >= 0.3 is 0 Å². The summed E-state index contributed by atoms with van der Waals surface area (Å²) in [6, 6.07) is 11.7. The fourth-order valence-corrected chi connectivity index (χ4v) is 3.77. The minimum Gasteiger partial charge on any atom is -0.507 e. The quantitative estimate of drug-likeness (QED) is 0.363. The Labute approximate surface area is 187 Å². The Hall–Kier alpha value is -3.19. The van der Waals surface area contributed by atoms with E-state index in [0.29, 0.717) is 30.9 Å². The molecule has 1 heterocycles. The van der Waals surface area contributed by atoms with Crippen molar-refractivity contribution in [1.29, 1.82) is 0 Å². The lowest BCUT2D eigenvalue weighted by atomic mass is 9.95. The highest BCUT2D eigenvalue weighted by atomic mass is 19.1. The van der Waals surface area contributed by atoms with E-state index in [0.717, 1.165) is 6.42 Å². The van der Waals surface area contributed by atoms with Gasteiger partial charge in [0.05, 0.1) is 18.2 Å². The predicted molar refractivity (Wildman–Crippen MR) is 121 cm³/mol. The summed E-state index contributed by atoms with van der Waals surface area (Å²) in [6.07, 6.45) is 1.47. The van der Waals surface area contributed by atoms with Gasteiger partial charge < -0.3 is 19.6 Å². The molecule has 3 rings (SSSR count). The van der Waals surface area contributed by atoms with Crippen LogP contribution in [0.15, 0.2) is 54.1 Å². The molecule has 0 bridgehead atoms. The van der Waals surface area contributed by atoms with Crippen LogP contribution in [-0.2, 0) is 9.59 Å². The van der Waals surface area contributed by atoms with Gasteiger partial charge in [-0.3, -0.25) is 9.59 Å². The fraction of sp³-hybridized carbons (Fsp3) is 0.360. The maximum absolute atomic E-state index is 14.8. The molecule has 0 radical (unpaired) electrons. The number of nitrogens with zero attached hydrogens (tertiary/aromatic N) is 2. The van der Waals surface area contributed by atoms with Gasteiger partial charge in [-0.15, -0.1) is 0 Å². The predicted octanol–water partition coefficient (Wildman–Crippen LogP) is 3.99. The number of amides is 1. The molecule has 0 saturated carbocycles. The molecule has 32 heavy (non-hydrogen) atoms. The molecule has 0 aliphatic carbocycles. The van der Waals surface area contributed by atoms with Crippen LogP contribution < -0.4 is 4.74 Å². The maximum atomic E-state index is 14.8. The van der Waals surface area contributed by atoms with E-state index in [9.17, 15) is 19.1 Å². The van der Waals surface area contributed by atoms with E-state index in [4.69, 9.17) is 4.74 Å². The van der Waals surface area contributed by atoms with Crippen molar-refractivity contribution < 1.29 is 23.8 Å². The normalized spacial score (nSPS) is 17.9. The third kappa shape index (κ3) is 4.99. The average molecular weight is 441 g/mol. The van der Waals surface area contributed by atoms with Crippen LogP contribution in [0, 0.1) is 5.82 Å². The molecule has 1 N–H and O–H groups in total. The molecule has 1 aliphatic heterocycles. The van der Waals surface area contributed by atoms with Crippen molar-refractivity contribution in [2.75, 3.05) is 33.8 Å². The van der Waals surface area contributed by atoms with E-state index < -0.39 is 23.5 Å². The second-order valence-electron chi connectivity index (χ2n) is 8.04. The lowest BCUT2D eigenvalue weighted by Gasteiger charge is -2.26. The molecule has 0 spiro atoms. The number of carbonyl (C=O) groups is 2. The number of hydrogen-bond acceptors (Lipinski definition) is 5. The largest absolute Gasteiger partial charge is 0.507 e. The average Bonchev–Trinajstić information content (AvgIpc) is 3.02. The summed E-state index contributed by atoms with van der Waals surface area (Å²) in [5.74, 6) is -1.77. The van der Waals surface area contributed by atoms with E-state index in [2.05, 4.69) is 0 Å². The SMILES string of the molecule is CCCOc1ccc(/C(O)=C2\C(=O)C(=O)N(CCCN(C)C)[C@H]2c2ccccc2F)cc1. The smallest absolute Gasteiger partial charge is 0.295 e. The number of hydrogen-bond donors (Lipinski definition) is 1. The number of ketones is 1. The van der Waals surface area contributed by atoms with Gasteiger partial charge in [-0.05, 0) is 63.8 Å². The van der Waals surface area contributed by atoms with Crippen molar-refractivity contribution in [3.63, 3.8) is 0 Å². The van der Waals surface area contributed by atoms with Gasteiger partial charge in [-0.1, -0.05) is 25.1 Å². The van der Waals surface area contributed by atoms with Gasteiger partial charge in [0.1, 0.15) is 17.3 Å². The standard InChI is InChI=1S/C25H29FN2O4/c1-4-16-32-18-12-10-17(11-13-18)23(29)21-22(19-8-5-6-9-20(19)26)28(25(31)24(21)30)15-7-14-27(2)3/h5-6,8-13,22,29H,4,7,14-16H2,1-3H3/b23-21+/t22-/m0/s1. The van der Waals surface area contributed by atoms with E-state index >= 15 is 0 Å². The number of ether oxygens (including phenoxy) is 1. The second kappa shape index (κ2) is 10.4. The van der Waals surface area contributed by atoms with Gasteiger partial charge in [0.25, 0.3) is 11.7 Å². The summed E-state index contributed by atoms with van der Waals surface area (Å²) < 4.78 is 20.3. The van der Waals surface area contributed by atoms with Gasteiger partial charge in [-0.2, -0.15) is 0 Å². The lowest BCUT2D eigenvalue weighted by Crippen LogP contribution is -2.32. The molecule has 2 aromatic rings. The van der Waals surface area contributed by atoms with Crippen molar-refractivity contribution in [3.8, 4) is 5.75 Å². The van der Waals surface area contributed by atoms with E-state index in [1.54, 1.807) is 42.5 Å². The molecule has 1 amide bonds. The molecular weight excluding hydrogens is 411 g/mol. The number of halogens is 1. The maximum Gasteiger partial charge on any atom is 0.295 e. The van der Waals surface area contributed by atoms with Crippen molar-refractivity contribution in [1.82, 2.24) is 9.80 Å². The molecule has 1 atom stereocenters. The van der Waals surface area contributed by atoms with Gasteiger partial charge in [0.2, 0.25) is 0 Å². The van der Waals surface area contributed by atoms with E-state index in [1.165, 1.54) is 11.0 Å². The summed E-state index contributed by atoms with van der Waals surface area (Å²) in [7, 11) is 3.83. The van der Waals surface area contributed by atoms with Crippen LogP contribution in [0.1, 0.15) is 36.9 Å². The summed E-state index contributed by atoms with van der Waals surface area (Å²) >= 11 is 0. The molecule has 1 aliphatic rings. The van der Waals surface area contributed by atoms with Gasteiger partial charge in [0, 0.05) is 17.7 Å². The first-order valence-corrected chi connectivity index (χ1v) is 10.8. The van der Waals surface area contributed by atoms with Crippen LogP contribution in [0.3, 0.4) is 0 Å². The number of rotatable bonds is 9. The van der Waals surface area contributed by atoms with Crippen LogP contribution in [0.25, 0.3) is 5.76 Å². The lowest BCUT2D eigenvalue weighted by molar-refractivity contribution is -0.140. The summed E-state index contributed by atoms with van der Waals surface area (Å²) in [4.78, 5) is 29.2. The minimum atomic E-state index is -0.991. The Kier molecular flexibility index (Phi) is 7.64. The Morgan fingerprint density at radius 2 is 1.81 bits per heavy atom. The Bertz CT molecular complexity index is 1000. The summed E-state index contributed by atoms with van der Waals surface area (Å²) in [5.41, 5.74) is 0.440. The number of aliphatic hydroxyl groups is 1. The number of benzene rings is 2. The highest BCUT2D eigenvalue weighted by Gasteiger charge is 2.46. The van der Waals surface area contributed by atoms with Crippen LogP contribution in [-0.4, -0.2) is 60.4 Å². The summed E-state index contributed by atoms with van der Waals surface area (Å²) in [6.45, 7) is 3.53. The second-order valence-corrected chi connectivity index (χ2v) is 8.04. The summed E-state index contributed by atoms with van der Waals surface area (Å²) in [5, 5.41) is 11.0. The molecule has 1 saturated heterocycles. The van der Waals surface area contributed by atoms with E-state index in [1.807, 2.05) is 25.9 Å². The van der Waals surface area contributed by atoms with Crippen molar-refractivity contribution in [2.45, 2.75) is 25.8 Å². The third-order valence-corrected chi connectivity index (χ3v) is 5.34. The number of carbonyl (C=O) groups excluding carboxylic acids is 2. The highest BCUT2D eigenvalue weighted by Crippen LogP contribution is 2.40. The van der Waals surface area contributed by atoms with Crippen LogP contribution in [0.2, 0.25) is 0 Å². The Morgan fingerprint density at radius 3 is 2.44 bits per heavy atom. The molecule has 1 fully saturated rings. The molecule has 170 valence electrons. The van der Waals surface area contributed by atoms with Crippen LogP contribution >= 0.6 is 0 Å². The zero-order valence-corrected chi connectivity index (χ0v) is 18.7. The number of aliphatic hydroxyl groups excluding tert-OH is 1. The van der Waals surface area contributed by atoms with E-state index in [-0.39, 0.29) is 23.4 Å². The highest BCUT2D eigenvalue weighted by molar-refractivity contribution is 6.46.